The molecule has 0 saturated heterocycles. The molecular formula is C13H18FN3O. The van der Waals surface area contributed by atoms with Crippen LogP contribution in [0.1, 0.15) is 36.0 Å². The summed E-state index contributed by atoms with van der Waals surface area (Å²) in [5.41, 5.74) is 11.3. The summed E-state index contributed by atoms with van der Waals surface area (Å²) in [5.74, 6) is -0.508. The predicted octanol–water partition coefficient (Wildman–Crippen LogP) is 2.11. The van der Waals surface area contributed by atoms with Crippen LogP contribution in [0.5, 0.6) is 0 Å². The smallest absolute Gasteiger partial charge is 0.250 e. The van der Waals surface area contributed by atoms with Crippen molar-refractivity contribution in [1.29, 1.82) is 0 Å². The number of hydrogen-bond donors (Lipinski definition) is 3. The van der Waals surface area contributed by atoms with Crippen molar-refractivity contribution in [1.82, 2.24) is 0 Å². The van der Waals surface area contributed by atoms with Crippen molar-refractivity contribution in [2.24, 2.45) is 11.7 Å². The maximum atomic E-state index is 13.7. The molecule has 0 atom stereocenters. The fourth-order valence-corrected chi connectivity index (χ4v) is 2.41. The molecule has 0 heterocycles. The van der Waals surface area contributed by atoms with Crippen molar-refractivity contribution < 1.29 is 9.18 Å². The molecule has 0 spiro atoms. The van der Waals surface area contributed by atoms with Crippen molar-refractivity contribution in [2.45, 2.75) is 25.7 Å². The molecule has 1 amide bonds. The minimum atomic E-state index is -0.642. The number of primary amides is 1. The van der Waals surface area contributed by atoms with E-state index < -0.39 is 11.7 Å². The zero-order valence-corrected chi connectivity index (χ0v) is 10.2. The van der Waals surface area contributed by atoms with Crippen LogP contribution in [0.25, 0.3) is 0 Å². The van der Waals surface area contributed by atoms with Crippen LogP contribution in [0.15, 0.2) is 12.1 Å². The van der Waals surface area contributed by atoms with Crippen LogP contribution in [0.2, 0.25) is 0 Å². The van der Waals surface area contributed by atoms with E-state index >= 15 is 0 Å². The van der Waals surface area contributed by atoms with Gasteiger partial charge in [-0.3, -0.25) is 4.79 Å². The van der Waals surface area contributed by atoms with E-state index in [9.17, 15) is 9.18 Å². The third-order valence-corrected chi connectivity index (χ3v) is 3.46. The van der Waals surface area contributed by atoms with Crippen LogP contribution >= 0.6 is 0 Å². The first-order chi connectivity index (χ1) is 8.58. The highest BCUT2D eigenvalue weighted by Gasteiger charge is 2.16. The molecule has 2 rings (SSSR count). The first kappa shape index (κ1) is 12.7. The van der Waals surface area contributed by atoms with E-state index in [2.05, 4.69) is 5.32 Å². The zero-order chi connectivity index (χ0) is 13.1. The normalized spacial score (nSPS) is 15.8. The van der Waals surface area contributed by atoms with Crippen LogP contribution < -0.4 is 16.8 Å². The summed E-state index contributed by atoms with van der Waals surface area (Å²) in [6, 6.07) is 2.53. The van der Waals surface area contributed by atoms with Gasteiger partial charge in [-0.2, -0.15) is 0 Å². The molecule has 5 heteroatoms. The molecule has 1 aliphatic rings. The Bertz CT molecular complexity index is 456. The van der Waals surface area contributed by atoms with Gasteiger partial charge in [-0.25, -0.2) is 4.39 Å². The number of carbonyl (C=O) groups excluding carboxylic acids is 1. The third kappa shape index (κ3) is 2.72. The highest BCUT2D eigenvalue weighted by atomic mass is 19.1. The Morgan fingerprint density at radius 3 is 2.67 bits per heavy atom. The Morgan fingerprint density at radius 2 is 2.06 bits per heavy atom. The number of carbonyl (C=O) groups is 1. The van der Waals surface area contributed by atoms with Crippen molar-refractivity contribution in [3.63, 3.8) is 0 Å². The molecule has 1 aliphatic carbocycles. The van der Waals surface area contributed by atoms with Crippen LogP contribution in [0.3, 0.4) is 0 Å². The summed E-state index contributed by atoms with van der Waals surface area (Å²) in [5, 5.41) is 3.04. The van der Waals surface area contributed by atoms with Gasteiger partial charge in [-0.05, 0) is 30.9 Å². The van der Waals surface area contributed by atoms with Gasteiger partial charge in [0.15, 0.2) is 0 Å². The molecule has 1 fully saturated rings. The molecular weight excluding hydrogens is 233 g/mol. The van der Waals surface area contributed by atoms with Crippen LogP contribution in [-0.4, -0.2) is 12.5 Å². The molecule has 1 aromatic carbocycles. The Morgan fingerprint density at radius 1 is 1.39 bits per heavy atom. The Labute approximate surface area is 106 Å². The van der Waals surface area contributed by atoms with Gasteiger partial charge < -0.3 is 16.8 Å². The third-order valence-electron chi connectivity index (χ3n) is 3.46. The average molecular weight is 251 g/mol. The number of rotatable bonds is 4. The predicted molar refractivity (Wildman–Crippen MR) is 69.8 cm³/mol. The van der Waals surface area contributed by atoms with Crippen LogP contribution in [0, 0.1) is 11.7 Å². The molecule has 5 N–H and O–H groups in total. The first-order valence-electron chi connectivity index (χ1n) is 6.20. The number of halogens is 1. The van der Waals surface area contributed by atoms with E-state index in [1.54, 1.807) is 0 Å². The first-order valence-corrected chi connectivity index (χ1v) is 6.20. The number of benzene rings is 1. The van der Waals surface area contributed by atoms with Gasteiger partial charge in [0.2, 0.25) is 0 Å². The number of anilines is 2. The van der Waals surface area contributed by atoms with Crippen molar-refractivity contribution in [3.05, 3.63) is 23.5 Å². The number of hydrogen-bond acceptors (Lipinski definition) is 3. The van der Waals surface area contributed by atoms with Gasteiger partial charge in [-0.15, -0.1) is 0 Å². The van der Waals surface area contributed by atoms with Gasteiger partial charge in [0.25, 0.3) is 5.91 Å². The molecule has 4 nitrogen and oxygen atoms in total. The van der Waals surface area contributed by atoms with Gasteiger partial charge in [0.1, 0.15) is 5.82 Å². The van der Waals surface area contributed by atoms with E-state index in [0.717, 1.165) is 12.6 Å². The lowest BCUT2D eigenvalue weighted by Gasteiger charge is -2.14. The largest absolute Gasteiger partial charge is 0.398 e. The molecule has 0 aromatic heterocycles. The average Bonchev–Trinajstić information content (AvgIpc) is 2.80. The Kier molecular flexibility index (Phi) is 3.69. The van der Waals surface area contributed by atoms with Crippen molar-refractivity contribution in [2.75, 3.05) is 17.6 Å². The lowest BCUT2D eigenvalue weighted by molar-refractivity contribution is 0.100. The summed E-state index contributed by atoms with van der Waals surface area (Å²) in [6.07, 6.45) is 4.82. The van der Waals surface area contributed by atoms with Crippen molar-refractivity contribution >= 4 is 17.3 Å². The molecule has 0 unspecified atom stereocenters. The van der Waals surface area contributed by atoms with Crippen LogP contribution in [0.4, 0.5) is 15.8 Å². The van der Waals surface area contributed by atoms with Gasteiger partial charge in [0, 0.05) is 12.2 Å². The summed E-state index contributed by atoms with van der Waals surface area (Å²) in [6.45, 7) is 0.721. The van der Waals surface area contributed by atoms with Gasteiger partial charge in [0.05, 0.1) is 11.3 Å². The van der Waals surface area contributed by atoms with E-state index in [4.69, 9.17) is 11.5 Å². The molecule has 0 radical (unpaired) electrons. The zero-order valence-electron chi connectivity index (χ0n) is 10.2. The summed E-state index contributed by atoms with van der Waals surface area (Å²) in [4.78, 5) is 11.1. The molecule has 0 aliphatic heterocycles. The number of amides is 1. The second kappa shape index (κ2) is 5.25. The topological polar surface area (TPSA) is 81.1 Å². The molecule has 98 valence electrons. The van der Waals surface area contributed by atoms with Gasteiger partial charge >= 0.3 is 0 Å². The lowest BCUT2D eigenvalue weighted by Crippen LogP contribution is -2.16. The molecule has 0 bridgehead atoms. The lowest BCUT2D eigenvalue weighted by atomic mass is 10.1. The highest BCUT2D eigenvalue weighted by molar-refractivity contribution is 5.99. The van der Waals surface area contributed by atoms with Crippen molar-refractivity contribution in [3.8, 4) is 0 Å². The maximum Gasteiger partial charge on any atom is 0.250 e. The van der Waals surface area contributed by atoms with E-state index in [-0.39, 0.29) is 11.3 Å². The number of nitrogens with two attached hydrogens (primary N) is 2. The second-order valence-electron chi connectivity index (χ2n) is 4.81. The SMILES string of the molecule is NC(=O)c1cc(NCC2CCCC2)c(F)cc1N. The monoisotopic (exact) mass is 251 g/mol. The van der Waals surface area contributed by atoms with E-state index in [0.29, 0.717) is 11.6 Å². The number of nitrogens with one attached hydrogen (secondary N) is 1. The molecule has 1 aromatic rings. The second-order valence-corrected chi connectivity index (χ2v) is 4.81. The minimum Gasteiger partial charge on any atom is -0.398 e. The maximum absolute atomic E-state index is 13.7. The minimum absolute atomic E-state index is 0.0754. The summed E-state index contributed by atoms with van der Waals surface area (Å²) >= 11 is 0. The molecule has 1 saturated carbocycles. The fourth-order valence-electron chi connectivity index (χ4n) is 2.41. The fraction of sp³-hybridized carbons (Fsp3) is 0.462. The Hall–Kier alpha value is -1.78. The standard InChI is InChI=1S/C13H18FN3O/c14-10-6-11(15)9(13(16)18)5-12(10)17-7-8-3-1-2-4-8/h5-6,8,17H,1-4,7,15H2,(H2,16,18). The quantitative estimate of drug-likeness (QED) is 0.717. The van der Waals surface area contributed by atoms with E-state index in [1.807, 2.05) is 0 Å². The summed E-state index contributed by atoms with van der Waals surface area (Å²) in [7, 11) is 0. The number of nitrogen functional groups attached to an aromatic ring is 1. The Balaban J connectivity index is 2.11. The van der Waals surface area contributed by atoms with E-state index in [1.165, 1.54) is 31.7 Å². The summed E-state index contributed by atoms with van der Waals surface area (Å²) < 4.78 is 13.7. The van der Waals surface area contributed by atoms with Gasteiger partial charge in [-0.1, -0.05) is 12.8 Å². The van der Waals surface area contributed by atoms with Crippen LogP contribution in [-0.2, 0) is 0 Å². The highest BCUT2D eigenvalue weighted by Crippen LogP contribution is 2.27. The molecule has 18 heavy (non-hydrogen) atoms.